The monoisotopic (exact) mass is 1200 g/mol. The number of ether oxygens (including phenoxy) is 2. The smallest absolute Gasteiger partial charge is 0.462 e. The van der Waals surface area contributed by atoms with Crippen LogP contribution in [0.3, 0.4) is 0 Å². The molecule has 0 radical (unpaired) electrons. The molecule has 0 amide bonds. The maximum absolute atomic E-state index is 12.8. The molecule has 9 nitrogen and oxygen atoms in total. The number of carbonyl (C=O) groups is 2. The van der Waals surface area contributed by atoms with Crippen molar-refractivity contribution < 1.29 is 37.6 Å². The maximum atomic E-state index is 12.8. The van der Waals surface area contributed by atoms with Crippen molar-refractivity contribution in [3.63, 3.8) is 0 Å². The van der Waals surface area contributed by atoms with Crippen molar-refractivity contribution >= 4 is 19.8 Å². The van der Waals surface area contributed by atoms with Gasteiger partial charge in [-0.15, -0.1) is 0 Å². The van der Waals surface area contributed by atoms with Crippen LogP contribution in [0.4, 0.5) is 0 Å². The molecule has 0 spiro atoms. The van der Waals surface area contributed by atoms with Gasteiger partial charge in [0.15, 0.2) is 6.10 Å². The number of rotatable bonds is 61. The second kappa shape index (κ2) is 68.5. The number of unbranched alkanes of at least 4 members (excludes halogenated alkanes) is 20. The zero-order valence-electron chi connectivity index (χ0n) is 53.8. The molecule has 3 N–H and O–H groups in total. The molecule has 480 valence electrons. The van der Waals surface area contributed by atoms with Gasteiger partial charge in [-0.2, -0.15) is 0 Å². The molecule has 0 aromatic rings. The standard InChI is InChI=1S/C75H122NO8P/c1-3-5-7-9-11-13-15-17-19-21-23-25-27-28-29-30-31-32-33-34-35-36-37-38-39-40-41-42-43-44-46-48-50-52-54-56-58-60-62-64-66-68-75(78)84-73(72-83-85(79,80)82-70-69-76)71-81-74(77)67-65-63-61-59-57-55-53-51-49-47-45-26-24-22-20-18-16-14-12-10-8-6-4-2/h5-8,11-14,17-20,23-26,28-29,31-32,34-35,37-38,40-41,43-44,73H,3-4,9-10,15-16,21-22,27,30,33,36,39,42,45-72,76H2,1-2H3,(H,79,80)/b7-5-,8-6-,13-11-,14-12-,19-17-,20-18-,25-23-,26-24-,29-28-,32-31-,35-34-,38-37-,41-40-,44-43-. The molecule has 2 unspecified atom stereocenters. The van der Waals surface area contributed by atoms with Gasteiger partial charge in [0, 0.05) is 19.4 Å². The third kappa shape index (κ3) is 68.4. The minimum absolute atomic E-state index is 0.0442. The molecular formula is C75H122NO8P. The Hall–Kier alpha value is -4.63. The van der Waals surface area contributed by atoms with Gasteiger partial charge >= 0.3 is 19.8 Å². The summed E-state index contributed by atoms with van der Waals surface area (Å²) < 4.78 is 33.1. The van der Waals surface area contributed by atoms with Crippen LogP contribution in [0.5, 0.6) is 0 Å². The van der Waals surface area contributed by atoms with E-state index in [-0.39, 0.29) is 32.6 Å². The van der Waals surface area contributed by atoms with Crippen molar-refractivity contribution in [3.8, 4) is 0 Å². The van der Waals surface area contributed by atoms with E-state index in [1.54, 1.807) is 0 Å². The van der Waals surface area contributed by atoms with E-state index < -0.39 is 32.5 Å². The fourth-order valence-corrected chi connectivity index (χ4v) is 9.48. The highest BCUT2D eigenvalue weighted by molar-refractivity contribution is 7.47. The second-order valence-corrected chi connectivity index (χ2v) is 23.0. The fourth-order valence-electron chi connectivity index (χ4n) is 8.71. The van der Waals surface area contributed by atoms with E-state index in [0.29, 0.717) is 6.42 Å². The molecule has 2 atom stereocenters. The normalized spacial score (nSPS) is 14.1. The summed E-state index contributed by atoms with van der Waals surface area (Å²) in [4.78, 5) is 35.3. The Kier molecular flexibility index (Phi) is 64.8. The summed E-state index contributed by atoms with van der Waals surface area (Å²) in [5.74, 6) is -0.845. The van der Waals surface area contributed by atoms with Crippen LogP contribution in [-0.2, 0) is 32.7 Å². The highest BCUT2D eigenvalue weighted by Gasteiger charge is 2.26. The van der Waals surface area contributed by atoms with Gasteiger partial charge in [0.2, 0.25) is 0 Å². The van der Waals surface area contributed by atoms with Crippen molar-refractivity contribution in [3.05, 3.63) is 170 Å². The van der Waals surface area contributed by atoms with Gasteiger partial charge < -0.3 is 20.1 Å². The third-order valence-electron chi connectivity index (χ3n) is 13.6. The fraction of sp³-hybridized carbons (Fsp3) is 0.600. The molecule has 0 bridgehead atoms. The van der Waals surface area contributed by atoms with Crippen molar-refractivity contribution in [2.24, 2.45) is 5.73 Å². The minimum Gasteiger partial charge on any atom is -0.462 e. The average molecular weight is 1200 g/mol. The molecule has 0 aliphatic rings. The number of carbonyl (C=O) groups excluding carboxylic acids is 2. The molecule has 0 saturated heterocycles. The molecule has 85 heavy (non-hydrogen) atoms. The molecule has 0 aromatic heterocycles. The molecule has 0 fully saturated rings. The Labute approximate surface area is 521 Å². The van der Waals surface area contributed by atoms with E-state index in [9.17, 15) is 19.0 Å². The van der Waals surface area contributed by atoms with Crippen LogP contribution in [0, 0.1) is 0 Å². The first-order valence-corrected chi connectivity index (χ1v) is 35.1. The Bertz CT molecular complexity index is 2000. The summed E-state index contributed by atoms with van der Waals surface area (Å²) >= 11 is 0. The number of hydrogen-bond donors (Lipinski definition) is 2. The largest absolute Gasteiger partial charge is 0.472 e. The zero-order valence-corrected chi connectivity index (χ0v) is 54.7. The van der Waals surface area contributed by atoms with E-state index in [1.807, 2.05) is 0 Å². The topological polar surface area (TPSA) is 134 Å². The predicted octanol–water partition coefficient (Wildman–Crippen LogP) is 22.2. The van der Waals surface area contributed by atoms with Crippen LogP contribution in [0.1, 0.15) is 258 Å². The first kappa shape index (κ1) is 80.4. The summed E-state index contributed by atoms with van der Waals surface area (Å²) in [5, 5.41) is 0. The van der Waals surface area contributed by atoms with Crippen LogP contribution >= 0.6 is 7.82 Å². The van der Waals surface area contributed by atoms with Gasteiger partial charge in [-0.3, -0.25) is 18.6 Å². The van der Waals surface area contributed by atoms with Gasteiger partial charge in [0.1, 0.15) is 6.61 Å². The zero-order chi connectivity index (χ0) is 61.6. The van der Waals surface area contributed by atoms with E-state index in [4.69, 9.17) is 24.3 Å². The number of phosphoric ester groups is 1. The SMILES string of the molecule is CC/C=C\C/C=C\C/C=C\C/C=C\C/C=C\C/C=C\C/C=C\C/C=C\C/C=C\C/C=C\CCCCCCCCCCCCC(=O)OC(COC(=O)CCCCCCCCCCCC/C=C\C/C=C\C/C=C\C/C=C\CC)COP(=O)(O)OCCN. The van der Waals surface area contributed by atoms with Gasteiger partial charge in [-0.05, 0) is 128 Å². The first-order valence-electron chi connectivity index (χ1n) is 33.6. The average Bonchev–Trinajstić information content (AvgIpc) is 3.52. The van der Waals surface area contributed by atoms with Crippen molar-refractivity contribution in [1.29, 1.82) is 0 Å². The van der Waals surface area contributed by atoms with E-state index in [0.717, 1.165) is 148 Å². The van der Waals surface area contributed by atoms with E-state index in [1.165, 1.54) is 77.0 Å². The number of allylic oxidation sites excluding steroid dienone is 28. The Morgan fingerprint density at radius 3 is 0.906 bits per heavy atom. The third-order valence-corrected chi connectivity index (χ3v) is 14.6. The van der Waals surface area contributed by atoms with Crippen LogP contribution < -0.4 is 5.73 Å². The lowest BCUT2D eigenvalue weighted by Crippen LogP contribution is -2.29. The van der Waals surface area contributed by atoms with Gasteiger partial charge in [-0.25, -0.2) is 4.57 Å². The number of nitrogens with two attached hydrogens (primary N) is 1. The predicted molar refractivity (Wildman–Crippen MR) is 366 cm³/mol. The number of hydrogen-bond acceptors (Lipinski definition) is 8. The lowest BCUT2D eigenvalue weighted by atomic mass is 10.0. The van der Waals surface area contributed by atoms with Crippen LogP contribution in [0.25, 0.3) is 0 Å². The number of phosphoric acid groups is 1. The molecule has 0 heterocycles. The molecule has 0 saturated carbocycles. The minimum atomic E-state index is -4.41. The Morgan fingerprint density at radius 1 is 0.353 bits per heavy atom. The highest BCUT2D eigenvalue weighted by Crippen LogP contribution is 2.43. The summed E-state index contributed by atoms with van der Waals surface area (Å²) in [5.41, 5.74) is 5.39. The van der Waals surface area contributed by atoms with E-state index in [2.05, 4.69) is 184 Å². The highest BCUT2D eigenvalue weighted by atomic mass is 31.2. The van der Waals surface area contributed by atoms with Crippen molar-refractivity contribution in [2.45, 2.75) is 264 Å². The molecule has 0 aliphatic heterocycles. The maximum Gasteiger partial charge on any atom is 0.472 e. The molecular weight excluding hydrogens is 1070 g/mol. The van der Waals surface area contributed by atoms with Crippen molar-refractivity contribution in [1.82, 2.24) is 0 Å². The van der Waals surface area contributed by atoms with Gasteiger partial charge in [-0.1, -0.05) is 287 Å². The Balaban J connectivity index is 3.97. The summed E-state index contributed by atoms with van der Waals surface area (Å²) in [6, 6.07) is 0. The molecule has 0 aromatic carbocycles. The van der Waals surface area contributed by atoms with Crippen molar-refractivity contribution in [2.75, 3.05) is 26.4 Å². The molecule has 0 rings (SSSR count). The molecule has 0 aliphatic carbocycles. The first-order chi connectivity index (χ1) is 41.8. The van der Waals surface area contributed by atoms with Gasteiger partial charge in [0.05, 0.1) is 13.2 Å². The Morgan fingerprint density at radius 2 is 0.612 bits per heavy atom. The molecule has 10 heteroatoms. The quantitative estimate of drug-likeness (QED) is 0.0264. The van der Waals surface area contributed by atoms with Crippen LogP contribution in [-0.4, -0.2) is 49.3 Å². The second-order valence-electron chi connectivity index (χ2n) is 21.6. The summed E-state index contributed by atoms with van der Waals surface area (Å²) in [7, 11) is -4.41. The van der Waals surface area contributed by atoms with Gasteiger partial charge in [0.25, 0.3) is 0 Å². The van der Waals surface area contributed by atoms with E-state index >= 15 is 0 Å². The summed E-state index contributed by atoms with van der Waals surface area (Å²) in [6.07, 6.45) is 101. The van der Waals surface area contributed by atoms with Crippen LogP contribution in [0.2, 0.25) is 0 Å². The number of esters is 2. The lowest BCUT2D eigenvalue weighted by Gasteiger charge is -2.19. The lowest BCUT2D eigenvalue weighted by molar-refractivity contribution is -0.161. The summed E-state index contributed by atoms with van der Waals surface area (Å²) in [6.45, 7) is 3.50. The van der Waals surface area contributed by atoms with Crippen LogP contribution in [0.15, 0.2) is 170 Å².